The van der Waals surface area contributed by atoms with Gasteiger partial charge in [0.1, 0.15) is 17.2 Å². The van der Waals surface area contributed by atoms with Gasteiger partial charge >= 0.3 is 0 Å². The summed E-state index contributed by atoms with van der Waals surface area (Å²) in [5.74, 6) is -0.0904. The Morgan fingerprint density at radius 3 is 2.82 bits per heavy atom. The number of methoxy groups -OCH3 is 1. The van der Waals surface area contributed by atoms with E-state index >= 15 is 0 Å². The van der Waals surface area contributed by atoms with E-state index in [-0.39, 0.29) is 23.2 Å². The van der Waals surface area contributed by atoms with E-state index in [2.05, 4.69) is 15.1 Å². The lowest BCUT2D eigenvalue weighted by Crippen LogP contribution is -2.42. The number of ether oxygens (including phenoxy) is 1. The van der Waals surface area contributed by atoms with Crippen LogP contribution in [-0.2, 0) is 21.8 Å². The van der Waals surface area contributed by atoms with Crippen molar-refractivity contribution in [2.45, 2.75) is 30.9 Å². The Balaban J connectivity index is 1.84. The first-order chi connectivity index (χ1) is 13.3. The van der Waals surface area contributed by atoms with Crippen LogP contribution in [0.2, 0.25) is 0 Å². The van der Waals surface area contributed by atoms with Crippen LogP contribution in [0.3, 0.4) is 0 Å². The third-order valence-corrected chi connectivity index (χ3v) is 6.94. The largest absolute Gasteiger partial charge is 0.380 e. The van der Waals surface area contributed by atoms with Gasteiger partial charge in [0.15, 0.2) is 5.82 Å². The maximum absolute atomic E-state index is 14.6. The molecular formula is C18H22FN5O3S. The van der Waals surface area contributed by atoms with Gasteiger partial charge in [0.25, 0.3) is 10.0 Å². The predicted octanol–water partition coefficient (Wildman–Crippen LogP) is 2.21. The molecule has 8 nitrogen and oxygen atoms in total. The zero-order valence-electron chi connectivity index (χ0n) is 15.9. The van der Waals surface area contributed by atoms with Gasteiger partial charge in [0.05, 0.1) is 11.6 Å². The van der Waals surface area contributed by atoms with Crippen molar-refractivity contribution in [3.8, 4) is 11.4 Å². The van der Waals surface area contributed by atoms with Crippen LogP contribution in [0, 0.1) is 12.7 Å². The van der Waals surface area contributed by atoms with Gasteiger partial charge < -0.3 is 9.72 Å². The average molecular weight is 407 g/mol. The fourth-order valence-corrected chi connectivity index (χ4v) is 5.21. The molecule has 4 rings (SSSR count). The number of benzene rings is 1. The lowest BCUT2D eigenvalue weighted by Gasteiger charge is -2.30. The Morgan fingerprint density at radius 1 is 1.36 bits per heavy atom. The quantitative estimate of drug-likeness (QED) is 0.716. The van der Waals surface area contributed by atoms with Crippen molar-refractivity contribution in [3.63, 3.8) is 0 Å². The number of H-pyrrole nitrogens is 1. The highest BCUT2D eigenvalue weighted by molar-refractivity contribution is 7.89. The van der Waals surface area contributed by atoms with E-state index < -0.39 is 15.8 Å². The molecule has 3 aromatic rings. The van der Waals surface area contributed by atoms with Crippen molar-refractivity contribution < 1.29 is 17.5 Å². The van der Waals surface area contributed by atoms with E-state index in [1.165, 1.54) is 16.4 Å². The smallest absolute Gasteiger partial charge is 0.258 e. The molecule has 0 amide bonds. The lowest BCUT2D eigenvalue weighted by atomic mass is 10.0. The fraction of sp³-hybridized carbons (Fsp3) is 0.444. The number of nitrogens with zero attached hydrogens (tertiary/aromatic N) is 4. The molecule has 1 N–H and O–H groups in total. The van der Waals surface area contributed by atoms with Gasteiger partial charge in [-0.1, -0.05) is 0 Å². The number of aromatic amines is 1. The maximum atomic E-state index is 14.6. The molecule has 1 aromatic carbocycles. The molecule has 150 valence electrons. The third-order valence-electron chi connectivity index (χ3n) is 5.15. The number of sulfonamides is 1. The van der Waals surface area contributed by atoms with E-state index in [1.54, 1.807) is 32.1 Å². The SMILES string of the molecule is CO[C@H]1CCCN(S(=O)(=O)c2cc3c(-c4ncn(C)n4)c(C)cc(F)c3[nH]2)C1. The third kappa shape index (κ3) is 3.11. The lowest BCUT2D eigenvalue weighted by molar-refractivity contribution is 0.0571. The molecule has 28 heavy (non-hydrogen) atoms. The summed E-state index contributed by atoms with van der Waals surface area (Å²) < 4.78 is 49.2. The van der Waals surface area contributed by atoms with E-state index in [4.69, 9.17) is 4.74 Å². The van der Waals surface area contributed by atoms with E-state index in [1.807, 2.05) is 0 Å². The van der Waals surface area contributed by atoms with Crippen molar-refractivity contribution in [1.82, 2.24) is 24.1 Å². The molecule has 1 atom stereocenters. The maximum Gasteiger partial charge on any atom is 0.258 e. The number of aryl methyl sites for hydroxylation is 2. The normalized spacial score (nSPS) is 18.8. The number of rotatable bonds is 4. The number of piperidine rings is 1. The molecule has 1 aliphatic rings. The Labute approximate surface area is 162 Å². The van der Waals surface area contributed by atoms with Crippen molar-refractivity contribution in [1.29, 1.82) is 0 Å². The summed E-state index contributed by atoms with van der Waals surface area (Å²) >= 11 is 0. The van der Waals surface area contributed by atoms with Crippen LogP contribution >= 0.6 is 0 Å². The van der Waals surface area contributed by atoms with E-state index in [9.17, 15) is 12.8 Å². The highest BCUT2D eigenvalue weighted by Gasteiger charge is 2.32. The van der Waals surface area contributed by atoms with Crippen LogP contribution in [0.4, 0.5) is 4.39 Å². The highest BCUT2D eigenvalue weighted by atomic mass is 32.2. The Hall–Kier alpha value is -2.30. The van der Waals surface area contributed by atoms with Gasteiger partial charge in [-0.3, -0.25) is 4.68 Å². The Morgan fingerprint density at radius 2 is 2.14 bits per heavy atom. The van der Waals surface area contributed by atoms with Crippen molar-refractivity contribution in [2.75, 3.05) is 20.2 Å². The average Bonchev–Trinajstić information content (AvgIpc) is 3.29. The van der Waals surface area contributed by atoms with Crippen LogP contribution < -0.4 is 0 Å². The Bertz CT molecular complexity index is 1140. The summed E-state index contributed by atoms with van der Waals surface area (Å²) in [6.45, 7) is 2.45. The van der Waals surface area contributed by atoms with Gasteiger partial charge in [-0.05, 0) is 37.5 Å². The van der Waals surface area contributed by atoms with Crippen molar-refractivity contribution >= 4 is 20.9 Å². The molecule has 0 aliphatic carbocycles. The summed E-state index contributed by atoms with van der Waals surface area (Å²) in [7, 11) is -0.490. The van der Waals surface area contributed by atoms with Crippen LogP contribution in [0.1, 0.15) is 18.4 Å². The minimum atomic E-state index is -3.81. The fourth-order valence-electron chi connectivity index (χ4n) is 3.71. The van der Waals surface area contributed by atoms with Gasteiger partial charge in [0, 0.05) is 38.2 Å². The first kappa shape index (κ1) is 19.0. The minimum Gasteiger partial charge on any atom is -0.380 e. The first-order valence-electron chi connectivity index (χ1n) is 9.02. The van der Waals surface area contributed by atoms with E-state index in [0.29, 0.717) is 35.3 Å². The van der Waals surface area contributed by atoms with Gasteiger partial charge in [0.2, 0.25) is 0 Å². The monoisotopic (exact) mass is 407 g/mol. The molecule has 1 aliphatic heterocycles. The molecule has 0 spiro atoms. The number of hydrogen-bond donors (Lipinski definition) is 1. The topological polar surface area (TPSA) is 93.1 Å². The van der Waals surface area contributed by atoms with Crippen molar-refractivity contribution in [3.05, 3.63) is 29.8 Å². The van der Waals surface area contributed by atoms with Crippen LogP contribution in [-0.4, -0.2) is 58.8 Å². The molecular weight excluding hydrogens is 385 g/mol. The van der Waals surface area contributed by atoms with Gasteiger partial charge in [-0.2, -0.15) is 9.40 Å². The molecule has 1 fully saturated rings. The second-order valence-electron chi connectivity index (χ2n) is 7.08. The summed E-state index contributed by atoms with van der Waals surface area (Å²) in [6.07, 6.45) is 2.94. The molecule has 0 saturated carbocycles. The second-order valence-corrected chi connectivity index (χ2v) is 8.98. The summed E-state index contributed by atoms with van der Waals surface area (Å²) in [5, 5.41) is 4.70. The number of aromatic nitrogens is 4. The molecule has 0 bridgehead atoms. The zero-order chi connectivity index (χ0) is 20.1. The molecule has 2 aromatic heterocycles. The standard InChI is InChI=1S/C18H22FN5O3S/c1-11-7-14(19)17-13(16(11)18-20-10-23(2)22-18)8-15(21-17)28(25,26)24-6-4-5-12(9-24)27-3/h7-8,10,12,21H,4-6,9H2,1-3H3/t12-/m0/s1. The van der Waals surface area contributed by atoms with Gasteiger partial charge in [-0.25, -0.2) is 17.8 Å². The van der Waals surface area contributed by atoms with Gasteiger partial charge in [-0.15, -0.1) is 0 Å². The molecule has 10 heteroatoms. The van der Waals surface area contributed by atoms with E-state index in [0.717, 1.165) is 6.42 Å². The molecule has 1 saturated heterocycles. The number of nitrogens with one attached hydrogen (secondary N) is 1. The van der Waals surface area contributed by atoms with Crippen LogP contribution in [0.25, 0.3) is 22.3 Å². The zero-order valence-corrected chi connectivity index (χ0v) is 16.8. The minimum absolute atomic E-state index is 0.0408. The number of halogens is 1. The van der Waals surface area contributed by atoms with Crippen LogP contribution in [0.5, 0.6) is 0 Å². The van der Waals surface area contributed by atoms with Crippen molar-refractivity contribution in [2.24, 2.45) is 7.05 Å². The summed E-state index contributed by atoms with van der Waals surface area (Å²) in [4.78, 5) is 7.02. The second kappa shape index (κ2) is 6.94. The molecule has 0 radical (unpaired) electrons. The Kier molecular flexibility index (Phi) is 4.72. The number of hydrogen-bond acceptors (Lipinski definition) is 5. The summed E-state index contributed by atoms with van der Waals surface area (Å²) in [5.41, 5.74) is 1.38. The molecule has 0 unspecified atom stereocenters. The van der Waals surface area contributed by atoms with Crippen LogP contribution in [0.15, 0.2) is 23.5 Å². The number of fused-ring (bicyclic) bond motifs is 1. The first-order valence-corrected chi connectivity index (χ1v) is 10.5. The molecule has 3 heterocycles. The highest BCUT2D eigenvalue weighted by Crippen LogP contribution is 2.34. The summed E-state index contributed by atoms with van der Waals surface area (Å²) in [6, 6.07) is 2.84. The predicted molar refractivity (Wildman–Crippen MR) is 102 cm³/mol.